The van der Waals surface area contributed by atoms with Crippen molar-refractivity contribution in [1.82, 2.24) is 20.0 Å². The fourth-order valence-corrected chi connectivity index (χ4v) is 4.72. The number of ketones is 1. The van der Waals surface area contributed by atoms with Crippen LogP contribution in [0.15, 0.2) is 30.5 Å². The quantitative estimate of drug-likeness (QED) is 0.475. The molecular formula is C23H25ClN6O3. The third-order valence-corrected chi connectivity index (χ3v) is 6.42. The van der Waals surface area contributed by atoms with Crippen LogP contribution in [-0.4, -0.2) is 37.6 Å². The third-order valence-electron chi connectivity index (χ3n) is 6.11. The van der Waals surface area contributed by atoms with Crippen LogP contribution in [0, 0.1) is 18.8 Å². The molecule has 3 aromatic rings. The van der Waals surface area contributed by atoms with Crippen LogP contribution in [0.25, 0.3) is 11.3 Å². The molecule has 2 aromatic heterocycles. The van der Waals surface area contributed by atoms with Gasteiger partial charge >= 0.3 is 0 Å². The van der Waals surface area contributed by atoms with E-state index in [9.17, 15) is 14.4 Å². The van der Waals surface area contributed by atoms with Crippen molar-refractivity contribution in [3.63, 3.8) is 0 Å². The average Bonchev–Trinajstić information content (AvgIpc) is 3.38. The number of primary amides is 1. The minimum atomic E-state index is -0.694. The number of halogens is 1. The number of benzene rings is 1. The van der Waals surface area contributed by atoms with Gasteiger partial charge in [0.1, 0.15) is 5.69 Å². The summed E-state index contributed by atoms with van der Waals surface area (Å²) in [5, 5.41) is 14.2. The maximum absolute atomic E-state index is 13.4. The van der Waals surface area contributed by atoms with Crippen molar-refractivity contribution in [3.05, 3.63) is 52.4 Å². The number of anilines is 1. The highest BCUT2D eigenvalue weighted by Gasteiger charge is 2.37. The standard InChI is InChI=1S/C23H25ClN6O3/c1-12-9-18(29-28-12)13-7-8-16(17(24)10-13)21(31)14-5-3-4-6-15(14)23(33)27-19-11-26-30(2)20(19)22(25)32/h7-11,14-15H,3-6H2,1-2H3,(H2,25,32)(H,27,33)(H,28,29). The lowest BCUT2D eigenvalue weighted by atomic mass is 9.75. The van der Waals surface area contributed by atoms with Gasteiger partial charge in [0.15, 0.2) is 5.78 Å². The fraction of sp³-hybridized carbons (Fsp3) is 0.348. The van der Waals surface area contributed by atoms with Crippen molar-refractivity contribution in [1.29, 1.82) is 0 Å². The normalized spacial score (nSPS) is 18.2. The summed E-state index contributed by atoms with van der Waals surface area (Å²) in [7, 11) is 1.57. The lowest BCUT2D eigenvalue weighted by molar-refractivity contribution is -0.122. The van der Waals surface area contributed by atoms with Gasteiger partial charge in [0.25, 0.3) is 5.91 Å². The summed E-state index contributed by atoms with van der Waals surface area (Å²) in [6.45, 7) is 1.90. The molecule has 1 aliphatic carbocycles. The summed E-state index contributed by atoms with van der Waals surface area (Å²) in [5.41, 5.74) is 8.61. The summed E-state index contributed by atoms with van der Waals surface area (Å²) < 4.78 is 1.31. The molecule has 10 heteroatoms. The Kier molecular flexibility index (Phi) is 6.33. The molecule has 2 heterocycles. The number of hydrogen-bond acceptors (Lipinski definition) is 5. The third kappa shape index (κ3) is 4.54. The number of nitrogens with two attached hydrogens (primary N) is 1. The van der Waals surface area contributed by atoms with Crippen molar-refractivity contribution in [3.8, 4) is 11.3 Å². The highest BCUT2D eigenvalue weighted by Crippen LogP contribution is 2.36. The summed E-state index contributed by atoms with van der Waals surface area (Å²) in [4.78, 5) is 38.3. The van der Waals surface area contributed by atoms with E-state index in [4.69, 9.17) is 17.3 Å². The maximum atomic E-state index is 13.4. The number of aromatic amines is 1. The first kappa shape index (κ1) is 22.7. The first-order valence-corrected chi connectivity index (χ1v) is 11.1. The van der Waals surface area contributed by atoms with Crippen molar-refractivity contribution in [2.75, 3.05) is 5.32 Å². The Morgan fingerprint density at radius 2 is 1.91 bits per heavy atom. The van der Waals surface area contributed by atoms with Gasteiger partial charge in [-0.05, 0) is 38.0 Å². The number of carbonyl (C=O) groups excluding carboxylic acids is 3. The summed E-state index contributed by atoms with van der Waals surface area (Å²) in [5.74, 6) is -2.24. The molecule has 4 rings (SSSR count). The average molecular weight is 469 g/mol. The number of aromatic nitrogens is 4. The second-order valence-corrected chi connectivity index (χ2v) is 8.78. The zero-order valence-electron chi connectivity index (χ0n) is 18.4. The van der Waals surface area contributed by atoms with Gasteiger partial charge in [-0.2, -0.15) is 10.2 Å². The van der Waals surface area contributed by atoms with Gasteiger partial charge in [-0.25, -0.2) is 0 Å². The van der Waals surface area contributed by atoms with E-state index in [0.717, 1.165) is 29.8 Å². The first-order valence-electron chi connectivity index (χ1n) is 10.7. The van der Waals surface area contributed by atoms with Crippen molar-refractivity contribution in [2.45, 2.75) is 32.6 Å². The van der Waals surface area contributed by atoms with Crippen LogP contribution < -0.4 is 11.1 Å². The van der Waals surface area contributed by atoms with E-state index in [2.05, 4.69) is 20.6 Å². The van der Waals surface area contributed by atoms with Crippen LogP contribution in [0.3, 0.4) is 0 Å². The molecule has 1 fully saturated rings. The van der Waals surface area contributed by atoms with Crippen LogP contribution in [0.1, 0.15) is 52.2 Å². The lowest BCUT2D eigenvalue weighted by Gasteiger charge is -2.29. The Labute approximate surface area is 195 Å². The van der Waals surface area contributed by atoms with E-state index in [1.807, 2.05) is 13.0 Å². The number of Topliss-reactive ketones (excluding diaryl/α,β-unsaturated/α-hetero) is 1. The number of hydrogen-bond donors (Lipinski definition) is 3. The van der Waals surface area contributed by atoms with E-state index in [0.29, 0.717) is 23.4 Å². The smallest absolute Gasteiger partial charge is 0.269 e. The topological polar surface area (TPSA) is 136 Å². The fourth-order valence-electron chi connectivity index (χ4n) is 4.45. The molecular weight excluding hydrogens is 444 g/mol. The number of nitrogens with zero attached hydrogens (tertiary/aromatic N) is 3. The van der Waals surface area contributed by atoms with E-state index >= 15 is 0 Å². The largest absolute Gasteiger partial charge is 0.364 e. The van der Waals surface area contributed by atoms with E-state index in [1.54, 1.807) is 25.2 Å². The molecule has 0 bridgehead atoms. The molecule has 0 radical (unpaired) electrons. The molecule has 2 atom stereocenters. The number of H-pyrrole nitrogens is 1. The van der Waals surface area contributed by atoms with Gasteiger partial charge < -0.3 is 11.1 Å². The van der Waals surface area contributed by atoms with Crippen LogP contribution in [0.5, 0.6) is 0 Å². The lowest BCUT2D eigenvalue weighted by Crippen LogP contribution is -2.36. The van der Waals surface area contributed by atoms with Crippen molar-refractivity contribution < 1.29 is 14.4 Å². The summed E-state index contributed by atoms with van der Waals surface area (Å²) in [6, 6.07) is 7.12. The van der Waals surface area contributed by atoms with Gasteiger partial charge in [-0.3, -0.25) is 24.2 Å². The first-order chi connectivity index (χ1) is 15.8. The van der Waals surface area contributed by atoms with Gasteiger partial charge in [-0.1, -0.05) is 30.5 Å². The highest BCUT2D eigenvalue weighted by atomic mass is 35.5. The molecule has 33 heavy (non-hydrogen) atoms. The minimum absolute atomic E-state index is 0.106. The molecule has 0 saturated heterocycles. The van der Waals surface area contributed by atoms with Crippen LogP contribution in [0.2, 0.25) is 5.02 Å². The maximum Gasteiger partial charge on any atom is 0.269 e. The highest BCUT2D eigenvalue weighted by molar-refractivity contribution is 6.34. The number of amides is 2. The predicted octanol–water partition coefficient (Wildman–Crippen LogP) is 3.50. The van der Waals surface area contributed by atoms with Crippen LogP contribution in [0.4, 0.5) is 5.69 Å². The van der Waals surface area contributed by atoms with Crippen LogP contribution in [-0.2, 0) is 11.8 Å². The second kappa shape index (κ2) is 9.19. The number of rotatable bonds is 6. The molecule has 1 aliphatic rings. The zero-order chi connectivity index (χ0) is 23.7. The molecule has 1 aromatic carbocycles. The Morgan fingerprint density at radius 3 is 2.55 bits per heavy atom. The van der Waals surface area contributed by atoms with Gasteiger partial charge in [0, 0.05) is 35.7 Å². The Bertz CT molecular complexity index is 1230. The minimum Gasteiger partial charge on any atom is -0.364 e. The molecule has 4 N–H and O–H groups in total. The van der Waals surface area contributed by atoms with E-state index < -0.39 is 17.7 Å². The summed E-state index contributed by atoms with van der Waals surface area (Å²) in [6.07, 6.45) is 4.22. The monoisotopic (exact) mass is 468 g/mol. The number of carbonyl (C=O) groups is 3. The molecule has 0 spiro atoms. The zero-order valence-corrected chi connectivity index (χ0v) is 19.1. The van der Waals surface area contributed by atoms with Crippen molar-refractivity contribution in [2.24, 2.45) is 24.6 Å². The molecule has 9 nitrogen and oxygen atoms in total. The van der Waals surface area contributed by atoms with Crippen LogP contribution >= 0.6 is 11.6 Å². The molecule has 1 saturated carbocycles. The van der Waals surface area contributed by atoms with E-state index in [-0.39, 0.29) is 23.1 Å². The molecule has 2 amide bonds. The molecule has 172 valence electrons. The Morgan fingerprint density at radius 1 is 1.18 bits per heavy atom. The molecule has 2 unspecified atom stereocenters. The van der Waals surface area contributed by atoms with Gasteiger partial charge in [0.05, 0.1) is 22.6 Å². The summed E-state index contributed by atoms with van der Waals surface area (Å²) >= 11 is 6.49. The Balaban J connectivity index is 1.56. The Hall–Kier alpha value is -3.46. The number of aryl methyl sites for hydroxylation is 2. The van der Waals surface area contributed by atoms with Gasteiger partial charge in [-0.15, -0.1) is 0 Å². The SMILES string of the molecule is Cc1cc(-c2ccc(C(=O)C3CCCCC3C(=O)Nc3cnn(C)c3C(N)=O)c(Cl)c2)n[nH]1. The van der Waals surface area contributed by atoms with Crippen molar-refractivity contribution >= 4 is 34.9 Å². The molecule has 0 aliphatic heterocycles. The van der Waals surface area contributed by atoms with E-state index in [1.165, 1.54) is 10.9 Å². The van der Waals surface area contributed by atoms with Gasteiger partial charge in [0.2, 0.25) is 5.91 Å². The number of nitrogens with one attached hydrogen (secondary N) is 2. The second-order valence-electron chi connectivity index (χ2n) is 8.38. The predicted molar refractivity (Wildman–Crippen MR) is 124 cm³/mol.